The van der Waals surface area contributed by atoms with Gasteiger partial charge in [-0.05, 0) is 6.92 Å². The molecule has 0 aliphatic heterocycles. The zero-order chi connectivity index (χ0) is 4.28. The van der Waals surface area contributed by atoms with Crippen molar-refractivity contribution >= 4 is 7.41 Å². The fraction of sp³-hybridized carbons (Fsp3) is 1.00. The maximum absolute atomic E-state index is 8.24. The van der Waals surface area contributed by atoms with E-state index in [-0.39, 0.29) is 6.00 Å². The molecule has 2 nitrogen and oxygen atoms in total. The molecule has 0 saturated heterocycles. The van der Waals surface area contributed by atoms with Gasteiger partial charge in [-0.15, -0.1) is 0 Å². The van der Waals surface area contributed by atoms with Crippen LogP contribution in [0.1, 0.15) is 6.92 Å². The molecule has 0 aliphatic carbocycles. The van der Waals surface area contributed by atoms with Crippen molar-refractivity contribution in [3.63, 3.8) is 0 Å². The first-order valence-corrected chi connectivity index (χ1v) is 1.65. The lowest BCUT2D eigenvalue weighted by atomic mass is 9.89. The number of hydrogen-bond donors (Lipinski definition) is 2. The zero-order valence-corrected chi connectivity index (χ0v) is 3.31. The van der Waals surface area contributed by atoms with E-state index in [1.54, 1.807) is 6.92 Å². The first-order valence-electron chi connectivity index (χ1n) is 1.65. The van der Waals surface area contributed by atoms with Gasteiger partial charge in [0.1, 0.15) is 0 Å². The predicted octanol–water partition coefficient (Wildman–Crippen LogP) is -1.37. The Labute approximate surface area is 32.2 Å². The third-order valence-corrected chi connectivity index (χ3v) is 0.341. The Morgan fingerprint density at radius 1 is 2.00 bits per heavy atom. The van der Waals surface area contributed by atoms with Gasteiger partial charge in [0.2, 0.25) is 7.41 Å². The summed E-state index contributed by atoms with van der Waals surface area (Å²) >= 11 is 0. The molecule has 0 aromatic rings. The Balaban J connectivity index is 2.54. The van der Waals surface area contributed by atoms with Crippen LogP contribution in [-0.2, 0) is 0 Å². The smallest absolute Gasteiger partial charge is 0.231 e. The van der Waals surface area contributed by atoms with E-state index in [4.69, 9.17) is 10.8 Å². The van der Waals surface area contributed by atoms with Crippen LogP contribution in [0.3, 0.4) is 0 Å². The summed E-state index contributed by atoms with van der Waals surface area (Å²) in [6, 6.07) is -0.338. The van der Waals surface area contributed by atoms with Crippen LogP contribution < -0.4 is 5.64 Å². The van der Waals surface area contributed by atoms with Gasteiger partial charge in [0.25, 0.3) is 0 Å². The summed E-state index contributed by atoms with van der Waals surface area (Å²) in [6.45, 7) is 1.65. The molecule has 0 saturated carbocycles. The van der Waals surface area contributed by atoms with Gasteiger partial charge in [-0.3, -0.25) is 0 Å². The highest BCUT2D eigenvalue weighted by atomic mass is 16.3. The van der Waals surface area contributed by atoms with Crippen LogP contribution >= 0.6 is 0 Å². The summed E-state index contributed by atoms with van der Waals surface area (Å²) in [5.74, 6) is 0. The van der Waals surface area contributed by atoms with Gasteiger partial charge in [-0.2, -0.15) is 0 Å². The summed E-state index contributed by atoms with van der Waals surface area (Å²) in [5, 5.41) is 8.24. The van der Waals surface area contributed by atoms with Gasteiger partial charge >= 0.3 is 0 Å². The van der Waals surface area contributed by atoms with Gasteiger partial charge in [0, 0.05) is 6.00 Å². The first kappa shape index (κ1) is 4.98. The Hall–Kier alpha value is -0.0151. The molecule has 0 spiro atoms. The van der Waals surface area contributed by atoms with E-state index >= 15 is 0 Å². The Morgan fingerprint density at radius 2 is 2.20 bits per heavy atom. The molecular weight excluding hydrogens is 64.8 g/mol. The third kappa shape index (κ3) is 3.98. The average Bonchev–Trinajstić information content (AvgIpc) is 1.38. The Kier molecular flexibility index (Phi) is 2.23. The van der Waals surface area contributed by atoms with Crippen LogP contribution in [0.15, 0.2) is 0 Å². The van der Waals surface area contributed by atoms with Crippen molar-refractivity contribution in [3.8, 4) is 0 Å². The summed E-state index contributed by atoms with van der Waals surface area (Å²) in [4.78, 5) is 0. The molecule has 0 rings (SSSR count). The zero-order valence-electron chi connectivity index (χ0n) is 3.31. The first-order chi connectivity index (χ1) is 2.27. The second-order valence-corrected chi connectivity index (χ2v) is 1.08. The molecule has 0 heterocycles. The van der Waals surface area contributed by atoms with E-state index in [0.29, 0.717) is 7.41 Å². The predicted molar refractivity (Wildman–Crippen MR) is 23.0 cm³/mol. The number of hydrogen-bond acceptors (Lipinski definition) is 2. The largest absolute Gasteiger partial charge is 0.400 e. The molecule has 0 fully saturated rings. The SMILES string of the molecule is CC(O)BN. The molecular formula is C2H8BNO. The lowest BCUT2D eigenvalue weighted by Gasteiger charge is -1.88. The molecule has 1 atom stereocenters. The van der Waals surface area contributed by atoms with Gasteiger partial charge in [-0.1, -0.05) is 0 Å². The molecule has 1 unspecified atom stereocenters. The third-order valence-electron chi connectivity index (χ3n) is 0.341. The van der Waals surface area contributed by atoms with Crippen molar-refractivity contribution in [3.05, 3.63) is 0 Å². The lowest BCUT2D eigenvalue weighted by molar-refractivity contribution is 0.272. The van der Waals surface area contributed by atoms with Crippen LogP contribution in [0.4, 0.5) is 0 Å². The number of rotatable bonds is 1. The number of nitrogens with two attached hydrogens (primary N) is 1. The van der Waals surface area contributed by atoms with Gasteiger partial charge in [-0.25, -0.2) is 0 Å². The van der Waals surface area contributed by atoms with E-state index in [1.165, 1.54) is 0 Å². The highest BCUT2D eigenvalue weighted by molar-refractivity contribution is 6.32. The minimum absolute atomic E-state index is 0.338. The number of aliphatic hydroxyl groups is 1. The molecule has 5 heavy (non-hydrogen) atoms. The van der Waals surface area contributed by atoms with Gasteiger partial charge in [0.15, 0.2) is 0 Å². The Morgan fingerprint density at radius 3 is 2.20 bits per heavy atom. The van der Waals surface area contributed by atoms with E-state index in [2.05, 4.69) is 0 Å². The monoisotopic (exact) mass is 73.1 g/mol. The van der Waals surface area contributed by atoms with Crippen molar-refractivity contribution in [1.29, 1.82) is 0 Å². The molecule has 0 aliphatic rings. The van der Waals surface area contributed by atoms with Crippen molar-refractivity contribution in [2.24, 2.45) is 5.64 Å². The van der Waals surface area contributed by atoms with Crippen LogP contribution in [0.5, 0.6) is 0 Å². The van der Waals surface area contributed by atoms with Crippen molar-refractivity contribution in [2.45, 2.75) is 12.9 Å². The summed E-state index contributed by atoms with van der Waals surface area (Å²) in [6.07, 6.45) is 0. The van der Waals surface area contributed by atoms with Crippen molar-refractivity contribution in [2.75, 3.05) is 0 Å². The molecule has 3 N–H and O–H groups in total. The highest BCUT2D eigenvalue weighted by Gasteiger charge is 1.86. The highest BCUT2D eigenvalue weighted by Crippen LogP contribution is 1.62. The van der Waals surface area contributed by atoms with Crippen LogP contribution in [0, 0.1) is 0 Å². The molecule has 0 bridgehead atoms. The Bertz CT molecular complexity index is 23.6. The standard InChI is InChI=1S/C2H8BNO/c1-2(5)3-4/h2-3,5H,4H2,1H3. The molecule has 3 heteroatoms. The normalized spacial score (nSPS) is 14.2. The topological polar surface area (TPSA) is 46.2 Å². The van der Waals surface area contributed by atoms with Crippen LogP contribution in [0.2, 0.25) is 0 Å². The van der Waals surface area contributed by atoms with E-state index in [9.17, 15) is 0 Å². The van der Waals surface area contributed by atoms with Crippen LogP contribution in [0.25, 0.3) is 0 Å². The minimum Gasteiger partial charge on any atom is -0.400 e. The fourth-order valence-corrected chi connectivity index (χ4v) is 0. The summed E-state index contributed by atoms with van der Waals surface area (Å²) in [7, 11) is 0.361. The lowest BCUT2D eigenvalue weighted by Crippen LogP contribution is -2.19. The summed E-state index contributed by atoms with van der Waals surface area (Å²) in [5.41, 5.74) is 4.92. The molecule has 0 aromatic heterocycles. The fourth-order valence-electron chi connectivity index (χ4n) is 0. The van der Waals surface area contributed by atoms with Gasteiger partial charge < -0.3 is 10.8 Å². The summed E-state index contributed by atoms with van der Waals surface area (Å²) < 4.78 is 0. The number of aliphatic hydroxyl groups excluding tert-OH is 1. The van der Waals surface area contributed by atoms with E-state index in [0.717, 1.165) is 0 Å². The molecule has 30 valence electrons. The second-order valence-electron chi connectivity index (χ2n) is 1.08. The molecule has 0 aromatic carbocycles. The molecule has 0 radical (unpaired) electrons. The quantitative estimate of drug-likeness (QED) is 0.376. The van der Waals surface area contributed by atoms with E-state index < -0.39 is 0 Å². The van der Waals surface area contributed by atoms with Crippen molar-refractivity contribution < 1.29 is 5.11 Å². The molecule has 0 amide bonds. The van der Waals surface area contributed by atoms with E-state index in [1.807, 2.05) is 0 Å². The maximum Gasteiger partial charge on any atom is 0.231 e. The average molecular weight is 72.9 g/mol. The van der Waals surface area contributed by atoms with Gasteiger partial charge in [0.05, 0.1) is 0 Å². The van der Waals surface area contributed by atoms with Crippen molar-refractivity contribution in [1.82, 2.24) is 0 Å². The second kappa shape index (κ2) is 2.24. The minimum atomic E-state index is -0.338. The maximum atomic E-state index is 8.24. The van der Waals surface area contributed by atoms with Crippen LogP contribution in [-0.4, -0.2) is 18.5 Å².